The fourth-order valence-electron chi connectivity index (χ4n) is 1.38. The van der Waals surface area contributed by atoms with E-state index in [1.54, 1.807) is 0 Å². The molecular formula is C13H21CoNO. The zero-order valence-corrected chi connectivity index (χ0v) is 11.7. The SMILES string of the molecule is Cc1cccc(C(C)(C)[NH][Co](=[O])[CH](C)C)c1. The van der Waals surface area contributed by atoms with E-state index < -0.39 is 13.8 Å². The second-order valence-electron chi connectivity index (χ2n) is 4.78. The molecule has 0 radical (unpaired) electrons. The fraction of sp³-hybridized carbons (Fsp3) is 0.538. The van der Waals surface area contributed by atoms with Gasteiger partial charge < -0.3 is 0 Å². The van der Waals surface area contributed by atoms with Crippen molar-refractivity contribution in [2.45, 2.75) is 45.0 Å². The van der Waals surface area contributed by atoms with Crippen molar-refractivity contribution in [3.63, 3.8) is 0 Å². The second-order valence-corrected chi connectivity index (χ2v) is 7.00. The third-order valence-corrected chi connectivity index (χ3v) is 4.38. The van der Waals surface area contributed by atoms with E-state index in [0.29, 0.717) is 0 Å². The van der Waals surface area contributed by atoms with Crippen molar-refractivity contribution < 1.29 is 17.7 Å². The van der Waals surface area contributed by atoms with Gasteiger partial charge in [-0.2, -0.15) is 0 Å². The Morgan fingerprint density at radius 2 is 1.94 bits per heavy atom. The summed E-state index contributed by atoms with van der Waals surface area (Å²) in [6, 6.07) is 8.32. The van der Waals surface area contributed by atoms with Gasteiger partial charge in [0.25, 0.3) is 0 Å². The van der Waals surface area contributed by atoms with Crippen molar-refractivity contribution in [3.8, 4) is 0 Å². The van der Waals surface area contributed by atoms with Gasteiger partial charge in [-0.05, 0) is 0 Å². The minimum absolute atomic E-state index is 0.164. The third-order valence-electron chi connectivity index (χ3n) is 2.38. The molecule has 0 aliphatic rings. The van der Waals surface area contributed by atoms with Crippen LogP contribution >= 0.6 is 0 Å². The van der Waals surface area contributed by atoms with E-state index in [4.69, 9.17) is 0 Å². The Morgan fingerprint density at radius 1 is 1.31 bits per heavy atom. The van der Waals surface area contributed by atoms with Gasteiger partial charge in [-0.1, -0.05) is 0 Å². The van der Waals surface area contributed by atoms with Gasteiger partial charge in [-0.25, -0.2) is 0 Å². The number of nitrogens with one attached hydrogen (secondary N) is 1. The topological polar surface area (TPSA) is 29.1 Å². The molecular weight excluding hydrogens is 245 g/mol. The van der Waals surface area contributed by atoms with Gasteiger partial charge in [0, 0.05) is 0 Å². The van der Waals surface area contributed by atoms with E-state index >= 15 is 0 Å². The zero-order valence-electron chi connectivity index (χ0n) is 10.6. The summed E-state index contributed by atoms with van der Waals surface area (Å²) in [5.41, 5.74) is 2.16. The molecule has 0 heterocycles. The van der Waals surface area contributed by atoms with E-state index in [-0.39, 0.29) is 10.4 Å². The predicted molar refractivity (Wildman–Crippen MR) is 63.1 cm³/mol. The Balaban J connectivity index is 2.89. The number of aryl methyl sites for hydroxylation is 1. The Labute approximate surface area is 103 Å². The molecule has 0 fully saturated rings. The molecule has 3 heteroatoms. The average molecular weight is 266 g/mol. The summed E-state index contributed by atoms with van der Waals surface area (Å²) in [5.74, 6) is 0. The maximum absolute atomic E-state index is 11.9. The fourth-order valence-corrected chi connectivity index (χ4v) is 2.48. The number of benzene rings is 1. The summed E-state index contributed by atoms with van der Waals surface area (Å²) in [6.07, 6.45) is 0. The van der Waals surface area contributed by atoms with E-state index in [1.807, 2.05) is 19.9 Å². The second kappa shape index (κ2) is 5.21. The maximum atomic E-state index is 11.9. The van der Waals surface area contributed by atoms with Crippen LogP contribution in [0.2, 0.25) is 4.85 Å². The van der Waals surface area contributed by atoms with Crippen molar-refractivity contribution in [3.05, 3.63) is 35.4 Å². The van der Waals surface area contributed by atoms with E-state index in [1.165, 1.54) is 11.1 Å². The number of hydrogen-bond acceptors (Lipinski definition) is 1. The minimum atomic E-state index is -1.34. The molecule has 1 aromatic rings. The average Bonchev–Trinajstić information content (AvgIpc) is 2.17. The molecule has 1 rings (SSSR count). The molecule has 0 saturated heterocycles. The van der Waals surface area contributed by atoms with Crippen LogP contribution < -0.4 is 4.37 Å². The molecule has 0 spiro atoms. The van der Waals surface area contributed by atoms with Crippen LogP contribution in [0.3, 0.4) is 0 Å². The molecule has 0 aliphatic carbocycles. The molecule has 0 amide bonds. The molecule has 16 heavy (non-hydrogen) atoms. The van der Waals surface area contributed by atoms with Gasteiger partial charge >= 0.3 is 102 Å². The molecule has 0 bridgehead atoms. The summed E-state index contributed by atoms with van der Waals surface area (Å²) < 4.78 is 15.1. The molecule has 0 aromatic heterocycles. The van der Waals surface area contributed by atoms with Gasteiger partial charge in [0.15, 0.2) is 0 Å². The summed E-state index contributed by atoms with van der Waals surface area (Å²) >= 11 is -1.34. The third kappa shape index (κ3) is 3.51. The van der Waals surface area contributed by atoms with Crippen LogP contribution in [0, 0.1) is 6.92 Å². The van der Waals surface area contributed by atoms with E-state index in [2.05, 4.69) is 43.3 Å². The van der Waals surface area contributed by atoms with Gasteiger partial charge in [-0.3, -0.25) is 0 Å². The predicted octanol–water partition coefficient (Wildman–Crippen LogP) is 3.53. The molecule has 0 saturated carbocycles. The molecule has 0 atom stereocenters. The molecule has 1 N–H and O–H groups in total. The van der Waals surface area contributed by atoms with Gasteiger partial charge in [-0.15, -0.1) is 0 Å². The molecule has 0 aliphatic heterocycles. The number of rotatable bonds is 4. The van der Waals surface area contributed by atoms with Gasteiger partial charge in [0.1, 0.15) is 0 Å². The molecule has 2 nitrogen and oxygen atoms in total. The van der Waals surface area contributed by atoms with Crippen molar-refractivity contribution >= 4 is 0 Å². The van der Waals surface area contributed by atoms with E-state index in [0.717, 1.165) is 0 Å². The molecule has 1 aromatic carbocycles. The summed E-state index contributed by atoms with van der Waals surface area (Å²) in [6.45, 7) is 10.1. The van der Waals surface area contributed by atoms with Crippen LogP contribution in [0.5, 0.6) is 0 Å². The standard InChI is InChI=1S/C10H14N.C3H7.Co.O/c1-8-5-4-6-9(7-8)10(2,3)11;1-3-2;;/h4-7,11H,1-3H3;3H,1-2H3;;/q-1;;+1;. The Kier molecular flexibility index (Phi) is 4.41. The Morgan fingerprint density at radius 3 is 2.44 bits per heavy atom. The Hall–Kier alpha value is -0.514. The normalized spacial score (nSPS) is 13.0. The van der Waals surface area contributed by atoms with Crippen molar-refractivity contribution in [2.24, 2.45) is 0 Å². The Bertz CT molecular complexity index is 385. The molecule has 93 valence electrons. The van der Waals surface area contributed by atoms with Crippen LogP contribution in [-0.4, -0.2) is 0 Å². The zero-order chi connectivity index (χ0) is 12.3. The molecule has 0 unspecified atom stereocenters. The van der Waals surface area contributed by atoms with Crippen LogP contribution in [-0.2, 0) is 23.2 Å². The first-order valence-corrected chi connectivity index (χ1v) is 7.02. The first kappa shape index (κ1) is 13.6. The van der Waals surface area contributed by atoms with E-state index in [9.17, 15) is 3.87 Å². The van der Waals surface area contributed by atoms with Crippen LogP contribution in [0.15, 0.2) is 24.3 Å². The van der Waals surface area contributed by atoms with Crippen LogP contribution in [0.25, 0.3) is 0 Å². The van der Waals surface area contributed by atoms with Crippen molar-refractivity contribution in [1.29, 1.82) is 0 Å². The first-order chi connectivity index (χ1) is 7.33. The summed E-state index contributed by atoms with van der Waals surface area (Å²) in [5, 5.41) is 0. The number of hydrogen-bond donors (Lipinski definition) is 1. The van der Waals surface area contributed by atoms with Crippen LogP contribution in [0.1, 0.15) is 38.8 Å². The van der Waals surface area contributed by atoms with Crippen LogP contribution in [0.4, 0.5) is 0 Å². The van der Waals surface area contributed by atoms with Gasteiger partial charge in [0.2, 0.25) is 0 Å². The van der Waals surface area contributed by atoms with Gasteiger partial charge in [0.05, 0.1) is 0 Å². The van der Waals surface area contributed by atoms with Crippen molar-refractivity contribution in [1.82, 2.24) is 4.37 Å². The quantitative estimate of drug-likeness (QED) is 0.903. The summed E-state index contributed by atoms with van der Waals surface area (Å²) in [7, 11) is 0. The summed E-state index contributed by atoms with van der Waals surface area (Å²) in [4.78, 5) is 0.164. The van der Waals surface area contributed by atoms with Crippen molar-refractivity contribution in [2.75, 3.05) is 0 Å². The first-order valence-electron chi connectivity index (χ1n) is 5.47. The monoisotopic (exact) mass is 266 g/mol.